The van der Waals surface area contributed by atoms with Crippen molar-refractivity contribution < 1.29 is 0 Å². The number of aromatic nitrogens is 2. The van der Waals surface area contributed by atoms with Crippen LogP contribution in [0.15, 0.2) is 42.7 Å². The van der Waals surface area contributed by atoms with E-state index in [9.17, 15) is 0 Å². The molecule has 1 aromatic heterocycles. The smallest absolute Gasteiger partial charge is 0.139 e. The van der Waals surface area contributed by atoms with E-state index in [0.29, 0.717) is 13.0 Å². The fourth-order valence-corrected chi connectivity index (χ4v) is 1.58. The number of aryl methyl sites for hydroxylation is 1. The molecular formula is C12H14N4. The van der Waals surface area contributed by atoms with Crippen LogP contribution >= 0.6 is 0 Å². The molecule has 0 fully saturated rings. The SMILES string of the molecule is N=C(N)CCn1ccnc1-c1ccccc1. The number of nitrogens with two attached hydrogens (primary N) is 1. The van der Waals surface area contributed by atoms with Gasteiger partial charge in [-0.1, -0.05) is 30.3 Å². The summed E-state index contributed by atoms with van der Waals surface area (Å²) in [6, 6.07) is 9.99. The summed E-state index contributed by atoms with van der Waals surface area (Å²) in [5.41, 5.74) is 6.43. The first-order valence-electron chi connectivity index (χ1n) is 5.17. The van der Waals surface area contributed by atoms with E-state index in [4.69, 9.17) is 11.1 Å². The third kappa shape index (κ3) is 2.28. The van der Waals surface area contributed by atoms with Crippen molar-refractivity contribution in [2.45, 2.75) is 13.0 Å². The minimum absolute atomic E-state index is 0.202. The van der Waals surface area contributed by atoms with Gasteiger partial charge < -0.3 is 10.3 Å². The topological polar surface area (TPSA) is 67.7 Å². The first-order chi connectivity index (χ1) is 7.77. The minimum atomic E-state index is 0.202. The first-order valence-corrected chi connectivity index (χ1v) is 5.17. The largest absolute Gasteiger partial charge is 0.388 e. The Balaban J connectivity index is 2.23. The predicted octanol–water partition coefficient (Wildman–Crippen LogP) is 1.88. The van der Waals surface area contributed by atoms with E-state index in [2.05, 4.69) is 4.98 Å². The number of rotatable bonds is 4. The molecule has 0 radical (unpaired) electrons. The van der Waals surface area contributed by atoms with Crippen LogP contribution in [-0.4, -0.2) is 15.4 Å². The van der Waals surface area contributed by atoms with E-state index in [1.54, 1.807) is 6.20 Å². The predicted molar refractivity (Wildman–Crippen MR) is 64.2 cm³/mol. The number of amidine groups is 1. The zero-order chi connectivity index (χ0) is 11.4. The lowest BCUT2D eigenvalue weighted by Crippen LogP contribution is -2.13. The molecule has 0 aliphatic rings. The molecule has 0 saturated carbocycles. The van der Waals surface area contributed by atoms with Crippen molar-refractivity contribution in [3.05, 3.63) is 42.7 Å². The second kappa shape index (κ2) is 4.61. The Bertz CT molecular complexity index is 473. The van der Waals surface area contributed by atoms with Crippen molar-refractivity contribution in [2.24, 2.45) is 5.73 Å². The van der Waals surface area contributed by atoms with Gasteiger partial charge >= 0.3 is 0 Å². The Kier molecular flexibility index (Phi) is 3.00. The van der Waals surface area contributed by atoms with Crippen LogP contribution < -0.4 is 5.73 Å². The van der Waals surface area contributed by atoms with E-state index in [0.717, 1.165) is 11.4 Å². The maximum Gasteiger partial charge on any atom is 0.139 e. The average molecular weight is 214 g/mol. The molecule has 4 nitrogen and oxygen atoms in total. The van der Waals surface area contributed by atoms with Gasteiger partial charge in [-0.3, -0.25) is 5.41 Å². The van der Waals surface area contributed by atoms with Crippen molar-refractivity contribution in [3.8, 4) is 11.4 Å². The van der Waals surface area contributed by atoms with E-state index in [-0.39, 0.29) is 5.84 Å². The maximum absolute atomic E-state index is 7.22. The monoisotopic (exact) mass is 214 g/mol. The third-order valence-electron chi connectivity index (χ3n) is 2.37. The molecule has 0 saturated heterocycles. The zero-order valence-corrected chi connectivity index (χ0v) is 8.93. The Hall–Kier alpha value is -2.10. The van der Waals surface area contributed by atoms with Gasteiger partial charge in [0.1, 0.15) is 5.82 Å². The summed E-state index contributed by atoms with van der Waals surface area (Å²) in [6.07, 6.45) is 4.23. The molecule has 0 aliphatic heterocycles. The Morgan fingerprint density at radius 2 is 2.06 bits per heavy atom. The van der Waals surface area contributed by atoms with Gasteiger partial charge in [-0.05, 0) is 0 Å². The summed E-state index contributed by atoms with van der Waals surface area (Å²) in [4.78, 5) is 4.32. The highest BCUT2D eigenvalue weighted by molar-refractivity contribution is 5.76. The summed E-state index contributed by atoms with van der Waals surface area (Å²) in [7, 11) is 0. The fraction of sp³-hybridized carbons (Fsp3) is 0.167. The first kappa shape index (κ1) is 10.4. The van der Waals surface area contributed by atoms with Crippen LogP contribution in [0, 0.1) is 5.41 Å². The molecule has 3 N–H and O–H groups in total. The highest BCUT2D eigenvalue weighted by Crippen LogP contribution is 2.16. The molecule has 0 spiro atoms. The van der Waals surface area contributed by atoms with Crippen LogP contribution in [0.4, 0.5) is 0 Å². The number of imidazole rings is 1. The lowest BCUT2D eigenvalue weighted by molar-refractivity contribution is 0.728. The molecule has 1 aromatic carbocycles. The molecule has 1 heterocycles. The Morgan fingerprint density at radius 1 is 1.31 bits per heavy atom. The molecule has 0 atom stereocenters. The summed E-state index contributed by atoms with van der Waals surface area (Å²) in [6.45, 7) is 0.694. The van der Waals surface area contributed by atoms with Crippen LogP contribution in [-0.2, 0) is 6.54 Å². The summed E-state index contributed by atoms with van der Waals surface area (Å²) >= 11 is 0. The molecule has 0 unspecified atom stereocenters. The van der Waals surface area contributed by atoms with Gasteiger partial charge in [0.25, 0.3) is 0 Å². The summed E-state index contributed by atoms with van der Waals surface area (Å²) in [5.74, 6) is 1.12. The summed E-state index contributed by atoms with van der Waals surface area (Å²) < 4.78 is 2.01. The van der Waals surface area contributed by atoms with Gasteiger partial charge in [0.2, 0.25) is 0 Å². The van der Waals surface area contributed by atoms with Crippen LogP contribution in [0.3, 0.4) is 0 Å². The molecular weight excluding hydrogens is 200 g/mol. The highest BCUT2D eigenvalue weighted by atomic mass is 15.1. The van der Waals surface area contributed by atoms with Gasteiger partial charge in [-0.15, -0.1) is 0 Å². The molecule has 0 aliphatic carbocycles. The third-order valence-corrected chi connectivity index (χ3v) is 2.37. The van der Waals surface area contributed by atoms with Crippen LogP contribution in [0.1, 0.15) is 6.42 Å². The molecule has 82 valence electrons. The second-order valence-electron chi connectivity index (χ2n) is 3.59. The number of hydrogen-bond acceptors (Lipinski definition) is 2. The number of benzene rings is 1. The van der Waals surface area contributed by atoms with Gasteiger partial charge in [0.05, 0.1) is 5.84 Å². The lowest BCUT2D eigenvalue weighted by Gasteiger charge is -2.06. The van der Waals surface area contributed by atoms with Gasteiger partial charge in [-0.25, -0.2) is 4.98 Å². The highest BCUT2D eigenvalue weighted by Gasteiger charge is 2.04. The molecule has 0 bridgehead atoms. The van der Waals surface area contributed by atoms with Crippen molar-refractivity contribution in [3.63, 3.8) is 0 Å². The van der Waals surface area contributed by atoms with Crippen LogP contribution in [0.25, 0.3) is 11.4 Å². The van der Waals surface area contributed by atoms with Crippen molar-refractivity contribution in [1.29, 1.82) is 5.41 Å². The number of nitrogens with one attached hydrogen (secondary N) is 1. The Morgan fingerprint density at radius 3 is 2.75 bits per heavy atom. The maximum atomic E-state index is 7.22. The molecule has 16 heavy (non-hydrogen) atoms. The number of nitrogens with zero attached hydrogens (tertiary/aromatic N) is 2. The van der Waals surface area contributed by atoms with Crippen LogP contribution in [0.2, 0.25) is 0 Å². The van der Waals surface area contributed by atoms with Crippen molar-refractivity contribution in [1.82, 2.24) is 9.55 Å². The van der Waals surface area contributed by atoms with Gasteiger partial charge in [0.15, 0.2) is 0 Å². The van der Waals surface area contributed by atoms with Crippen molar-refractivity contribution in [2.75, 3.05) is 0 Å². The Labute approximate surface area is 94.2 Å². The van der Waals surface area contributed by atoms with Crippen LogP contribution in [0.5, 0.6) is 0 Å². The van der Waals surface area contributed by atoms with E-state index in [1.165, 1.54) is 0 Å². The second-order valence-corrected chi connectivity index (χ2v) is 3.59. The normalized spacial score (nSPS) is 10.2. The standard InChI is InChI=1S/C12H14N4/c13-11(14)6-8-16-9-7-15-12(16)10-4-2-1-3-5-10/h1-5,7,9H,6,8H2,(H3,13,14). The quantitative estimate of drug-likeness (QED) is 0.602. The molecule has 0 amide bonds. The van der Waals surface area contributed by atoms with E-state index < -0.39 is 0 Å². The lowest BCUT2D eigenvalue weighted by atomic mass is 10.2. The zero-order valence-electron chi connectivity index (χ0n) is 8.93. The summed E-state index contributed by atoms with van der Waals surface area (Å²) in [5, 5.41) is 7.22. The van der Waals surface area contributed by atoms with Crippen molar-refractivity contribution >= 4 is 5.84 Å². The molecule has 2 aromatic rings. The average Bonchev–Trinajstić information content (AvgIpc) is 2.75. The minimum Gasteiger partial charge on any atom is -0.388 e. The fourth-order valence-electron chi connectivity index (χ4n) is 1.58. The van der Waals surface area contributed by atoms with Gasteiger partial charge in [-0.2, -0.15) is 0 Å². The molecule has 4 heteroatoms. The van der Waals surface area contributed by atoms with E-state index in [1.807, 2.05) is 41.1 Å². The molecule has 2 rings (SSSR count). The van der Waals surface area contributed by atoms with Gasteiger partial charge in [0, 0.05) is 30.9 Å². The number of hydrogen-bond donors (Lipinski definition) is 2. The van der Waals surface area contributed by atoms with E-state index >= 15 is 0 Å².